The van der Waals surface area contributed by atoms with Crippen LogP contribution in [0.5, 0.6) is 0 Å². The lowest BCUT2D eigenvalue weighted by atomic mass is 10.1. The van der Waals surface area contributed by atoms with Gasteiger partial charge in [0, 0.05) is 13.1 Å². The number of amides is 1. The Morgan fingerprint density at radius 2 is 2.06 bits per heavy atom. The summed E-state index contributed by atoms with van der Waals surface area (Å²) >= 11 is 0. The van der Waals surface area contributed by atoms with Crippen molar-refractivity contribution in [2.75, 3.05) is 20.1 Å². The van der Waals surface area contributed by atoms with Crippen LogP contribution in [-0.2, 0) is 11.2 Å². The normalized spacial score (nSPS) is 10.7. The van der Waals surface area contributed by atoms with E-state index in [1.54, 1.807) is 24.1 Å². The highest BCUT2D eigenvalue weighted by Gasteiger charge is 2.10. The average Bonchev–Trinajstić information content (AvgIpc) is 2.35. The maximum Gasteiger partial charge on any atom is 0.236 e. The van der Waals surface area contributed by atoms with Crippen LogP contribution in [0.1, 0.15) is 19.4 Å². The quantitative estimate of drug-likeness (QED) is 0.783. The van der Waals surface area contributed by atoms with Crippen LogP contribution >= 0.6 is 0 Å². The molecular weight excluding hydrogens is 231 g/mol. The molecule has 3 nitrogen and oxygen atoms in total. The van der Waals surface area contributed by atoms with Crippen molar-refractivity contribution in [3.8, 4) is 0 Å². The van der Waals surface area contributed by atoms with Crippen molar-refractivity contribution in [2.45, 2.75) is 26.3 Å². The SMILES string of the molecule is CC(C)N(C)C(=O)CNCCc1ccccc1F. The van der Waals surface area contributed by atoms with Crippen LogP contribution in [0.15, 0.2) is 24.3 Å². The second-order valence-corrected chi connectivity index (χ2v) is 4.62. The summed E-state index contributed by atoms with van der Waals surface area (Å²) in [5.41, 5.74) is 0.676. The summed E-state index contributed by atoms with van der Waals surface area (Å²) < 4.78 is 13.3. The Balaban J connectivity index is 2.27. The van der Waals surface area contributed by atoms with Gasteiger partial charge < -0.3 is 10.2 Å². The third-order valence-electron chi connectivity index (χ3n) is 2.97. The van der Waals surface area contributed by atoms with Crippen LogP contribution in [0.2, 0.25) is 0 Å². The van der Waals surface area contributed by atoms with E-state index >= 15 is 0 Å². The highest BCUT2D eigenvalue weighted by Crippen LogP contribution is 2.06. The summed E-state index contributed by atoms with van der Waals surface area (Å²) in [7, 11) is 1.78. The van der Waals surface area contributed by atoms with Crippen LogP contribution in [-0.4, -0.2) is 37.0 Å². The molecule has 0 aliphatic rings. The first-order valence-electron chi connectivity index (χ1n) is 6.22. The number of nitrogens with zero attached hydrogens (tertiary/aromatic N) is 1. The van der Waals surface area contributed by atoms with Crippen LogP contribution < -0.4 is 5.32 Å². The van der Waals surface area contributed by atoms with E-state index in [9.17, 15) is 9.18 Å². The van der Waals surface area contributed by atoms with E-state index in [1.165, 1.54) is 6.07 Å². The Hall–Kier alpha value is -1.42. The van der Waals surface area contributed by atoms with Gasteiger partial charge in [-0.25, -0.2) is 4.39 Å². The first kappa shape index (κ1) is 14.6. The molecule has 0 aromatic heterocycles. The summed E-state index contributed by atoms with van der Waals surface area (Å²) in [6, 6.07) is 6.90. The average molecular weight is 252 g/mol. The fourth-order valence-corrected chi connectivity index (χ4v) is 1.53. The Labute approximate surface area is 108 Å². The fourth-order valence-electron chi connectivity index (χ4n) is 1.53. The van der Waals surface area contributed by atoms with Gasteiger partial charge in [-0.2, -0.15) is 0 Å². The summed E-state index contributed by atoms with van der Waals surface area (Å²) in [4.78, 5) is 13.3. The summed E-state index contributed by atoms with van der Waals surface area (Å²) in [5.74, 6) is -0.136. The number of halogens is 1. The van der Waals surface area contributed by atoms with Crippen LogP contribution in [0, 0.1) is 5.82 Å². The molecule has 0 saturated carbocycles. The molecule has 100 valence electrons. The number of carbonyl (C=O) groups excluding carboxylic acids is 1. The zero-order valence-electron chi connectivity index (χ0n) is 11.2. The highest BCUT2D eigenvalue weighted by atomic mass is 19.1. The van der Waals surface area contributed by atoms with Gasteiger partial charge in [-0.15, -0.1) is 0 Å². The van der Waals surface area contributed by atoms with Gasteiger partial charge in [-0.1, -0.05) is 18.2 Å². The minimum absolute atomic E-state index is 0.0542. The molecule has 0 fully saturated rings. The van der Waals surface area contributed by atoms with E-state index in [0.717, 1.165) is 0 Å². The Morgan fingerprint density at radius 1 is 1.39 bits per heavy atom. The van der Waals surface area contributed by atoms with Crippen molar-refractivity contribution >= 4 is 5.91 Å². The van der Waals surface area contributed by atoms with Crippen LogP contribution in [0.25, 0.3) is 0 Å². The molecule has 1 aromatic rings. The third-order valence-corrected chi connectivity index (χ3v) is 2.97. The van der Waals surface area contributed by atoms with Crippen molar-refractivity contribution < 1.29 is 9.18 Å². The van der Waals surface area contributed by atoms with E-state index in [2.05, 4.69) is 5.32 Å². The fraction of sp³-hybridized carbons (Fsp3) is 0.500. The Morgan fingerprint density at radius 3 is 2.67 bits per heavy atom. The van der Waals surface area contributed by atoms with Gasteiger partial charge in [0.2, 0.25) is 5.91 Å². The number of benzene rings is 1. The predicted molar refractivity (Wildman–Crippen MR) is 70.9 cm³/mol. The van der Waals surface area contributed by atoms with Gasteiger partial charge >= 0.3 is 0 Å². The van der Waals surface area contributed by atoms with E-state index in [-0.39, 0.29) is 17.8 Å². The lowest BCUT2D eigenvalue weighted by Crippen LogP contribution is -2.39. The molecule has 0 spiro atoms. The zero-order chi connectivity index (χ0) is 13.5. The molecule has 0 bridgehead atoms. The molecule has 0 saturated heterocycles. The molecule has 1 N–H and O–H groups in total. The van der Waals surface area contributed by atoms with Gasteiger partial charge in [-0.3, -0.25) is 4.79 Å². The van der Waals surface area contributed by atoms with E-state index in [1.807, 2.05) is 19.9 Å². The lowest BCUT2D eigenvalue weighted by Gasteiger charge is -2.21. The third kappa shape index (κ3) is 4.45. The van der Waals surface area contributed by atoms with Gasteiger partial charge in [-0.05, 0) is 38.4 Å². The molecular formula is C14H21FN2O. The molecule has 1 aromatic carbocycles. The minimum Gasteiger partial charge on any atom is -0.342 e. The number of carbonyl (C=O) groups is 1. The van der Waals surface area contributed by atoms with Crippen molar-refractivity contribution in [2.24, 2.45) is 0 Å². The summed E-state index contributed by atoms with van der Waals surface area (Å²) in [6.07, 6.45) is 0.589. The number of hydrogen-bond donors (Lipinski definition) is 1. The summed E-state index contributed by atoms with van der Waals surface area (Å²) in [6.45, 7) is 4.83. The van der Waals surface area contributed by atoms with E-state index in [0.29, 0.717) is 25.1 Å². The van der Waals surface area contributed by atoms with E-state index in [4.69, 9.17) is 0 Å². The molecule has 1 amide bonds. The standard InChI is InChI=1S/C14H21FN2O/c1-11(2)17(3)14(18)10-16-9-8-12-6-4-5-7-13(12)15/h4-7,11,16H,8-10H2,1-3H3. The lowest BCUT2D eigenvalue weighted by molar-refractivity contribution is -0.130. The van der Waals surface area contributed by atoms with E-state index < -0.39 is 0 Å². The molecule has 0 unspecified atom stereocenters. The number of rotatable bonds is 6. The molecule has 0 atom stereocenters. The molecule has 4 heteroatoms. The second-order valence-electron chi connectivity index (χ2n) is 4.62. The monoisotopic (exact) mass is 252 g/mol. The number of likely N-dealkylation sites (N-methyl/N-ethyl adjacent to an activating group) is 1. The molecule has 0 heterocycles. The summed E-state index contributed by atoms with van der Waals surface area (Å²) in [5, 5.41) is 3.04. The maximum absolute atomic E-state index is 13.3. The van der Waals surface area contributed by atoms with Gasteiger partial charge in [0.1, 0.15) is 5.82 Å². The largest absolute Gasteiger partial charge is 0.342 e. The topological polar surface area (TPSA) is 32.3 Å². The Bertz CT molecular complexity index is 393. The zero-order valence-corrected chi connectivity index (χ0v) is 11.2. The van der Waals surface area contributed by atoms with Crippen molar-refractivity contribution in [3.63, 3.8) is 0 Å². The first-order valence-corrected chi connectivity index (χ1v) is 6.22. The van der Waals surface area contributed by atoms with Crippen molar-refractivity contribution in [1.82, 2.24) is 10.2 Å². The van der Waals surface area contributed by atoms with Crippen molar-refractivity contribution in [1.29, 1.82) is 0 Å². The van der Waals surface area contributed by atoms with Gasteiger partial charge in [0.25, 0.3) is 0 Å². The maximum atomic E-state index is 13.3. The van der Waals surface area contributed by atoms with Crippen LogP contribution in [0.3, 0.4) is 0 Å². The minimum atomic E-state index is -0.190. The van der Waals surface area contributed by atoms with Gasteiger partial charge in [0.15, 0.2) is 0 Å². The van der Waals surface area contributed by atoms with Crippen molar-refractivity contribution in [3.05, 3.63) is 35.6 Å². The molecule has 0 aliphatic heterocycles. The number of nitrogens with one attached hydrogen (secondary N) is 1. The van der Waals surface area contributed by atoms with Crippen LogP contribution in [0.4, 0.5) is 4.39 Å². The predicted octanol–water partition coefficient (Wildman–Crippen LogP) is 1.82. The second kappa shape index (κ2) is 7.11. The molecule has 18 heavy (non-hydrogen) atoms. The molecule has 0 aliphatic carbocycles. The highest BCUT2D eigenvalue weighted by molar-refractivity contribution is 5.78. The smallest absolute Gasteiger partial charge is 0.236 e. The first-order chi connectivity index (χ1) is 8.52. The molecule has 0 radical (unpaired) electrons. The Kier molecular flexibility index (Phi) is 5.78. The number of hydrogen-bond acceptors (Lipinski definition) is 2. The molecule has 1 rings (SSSR count). The van der Waals surface area contributed by atoms with Gasteiger partial charge in [0.05, 0.1) is 6.54 Å².